The van der Waals surface area contributed by atoms with Crippen LogP contribution in [-0.2, 0) is 4.79 Å². The summed E-state index contributed by atoms with van der Waals surface area (Å²) in [7, 11) is 0. The molecule has 7 heteroatoms. The van der Waals surface area contributed by atoms with E-state index in [0.717, 1.165) is 11.1 Å². The van der Waals surface area contributed by atoms with Gasteiger partial charge in [0.25, 0.3) is 5.91 Å². The first-order chi connectivity index (χ1) is 14.5. The molecule has 0 radical (unpaired) electrons. The van der Waals surface area contributed by atoms with E-state index in [1.807, 2.05) is 19.1 Å². The van der Waals surface area contributed by atoms with Crippen molar-refractivity contribution in [3.05, 3.63) is 94.5 Å². The number of carbonyl (C=O) groups is 2. The van der Waals surface area contributed by atoms with Crippen LogP contribution in [0.3, 0.4) is 0 Å². The third kappa shape index (κ3) is 6.46. The Morgan fingerprint density at radius 3 is 2.43 bits per heavy atom. The van der Waals surface area contributed by atoms with E-state index >= 15 is 0 Å². The van der Waals surface area contributed by atoms with Crippen molar-refractivity contribution in [2.45, 2.75) is 6.92 Å². The van der Waals surface area contributed by atoms with Crippen LogP contribution in [0.1, 0.15) is 21.5 Å². The molecule has 0 fully saturated rings. The number of aryl methyl sites for hydroxylation is 1. The van der Waals surface area contributed by atoms with Gasteiger partial charge in [-0.1, -0.05) is 35.4 Å². The van der Waals surface area contributed by atoms with Crippen LogP contribution in [0.4, 0.5) is 0 Å². The van der Waals surface area contributed by atoms with Crippen LogP contribution in [0.15, 0.2) is 77.9 Å². The number of ether oxygens (including phenoxy) is 2. The van der Waals surface area contributed by atoms with Crippen LogP contribution >= 0.6 is 11.6 Å². The molecule has 0 heterocycles. The van der Waals surface area contributed by atoms with Gasteiger partial charge in [-0.05, 0) is 67.1 Å². The standard InChI is InChI=1S/C23H19ClN2O4/c1-16-5-9-18(10-6-16)23(28)30-20-11-7-17(8-12-20)14-25-26-22(27)15-29-21-4-2-3-19(24)13-21/h2-14H,15H2,1H3,(H,26,27)/b25-14-. The Kier molecular flexibility index (Phi) is 7.19. The molecule has 0 unspecified atom stereocenters. The number of nitrogens with zero attached hydrogens (tertiary/aromatic N) is 1. The SMILES string of the molecule is Cc1ccc(C(=O)Oc2ccc(/C=N\NC(=O)COc3cccc(Cl)c3)cc2)cc1. The second-order valence-electron chi connectivity index (χ2n) is 6.36. The van der Waals surface area contributed by atoms with Crippen molar-refractivity contribution >= 4 is 29.7 Å². The largest absolute Gasteiger partial charge is 0.484 e. The number of nitrogens with one attached hydrogen (secondary N) is 1. The van der Waals surface area contributed by atoms with E-state index in [4.69, 9.17) is 21.1 Å². The molecule has 0 bridgehead atoms. The normalized spacial score (nSPS) is 10.6. The Bertz CT molecular complexity index is 1050. The Morgan fingerprint density at radius 1 is 1.00 bits per heavy atom. The second kappa shape index (κ2) is 10.2. The predicted molar refractivity (Wildman–Crippen MR) is 115 cm³/mol. The minimum Gasteiger partial charge on any atom is -0.484 e. The average molecular weight is 423 g/mol. The van der Waals surface area contributed by atoms with Gasteiger partial charge >= 0.3 is 5.97 Å². The second-order valence-corrected chi connectivity index (χ2v) is 6.80. The Balaban J connectivity index is 1.46. The van der Waals surface area contributed by atoms with Gasteiger partial charge in [0.2, 0.25) is 0 Å². The van der Waals surface area contributed by atoms with Crippen LogP contribution in [0.5, 0.6) is 11.5 Å². The topological polar surface area (TPSA) is 77.0 Å². The Hall–Kier alpha value is -3.64. The zero-order valence-electron chi connectivity index (χ0n) is 16.2. The fourth-order valence-electron chi connectivity index (χ4n) is 2.39. The van der Waals surface area contributed by atoms with Crippen molar-refractivity contribution in [2.24, 2.45) is 5.10 Å². The van der Waals surface area contributed by atoms with Gasteiger partial charge in [-0.2, -0.15) is 5.10 Å². The fraction of sp³-hybridized carbons (Fsp3) is 0.0870. The molecule has 0 saturated heterocycles. The summed E-state index contributed by atoms with van der Waals surface area (Å²) < 4.78 is 10.7. The molecule has 6 nitrogen and oxygen atoms in total. The molecule has 0 aliphatic carbocycles. The van der Waals surface area contributed by atoms with E-state index < -0.39 is 11.9 Å². The molecule has 0 aliphatic rings. The van der Waals surface area contributed by atoms with Crippen molar-refractivity contribution in [1.29, 1.82) is 0 Å². The highest BCUT2D eigenvalue weighted by Gasteiger charge is 2.08. The third-order valence-corrected chi connectivity index (χ3v) is 4.18. The molecule has 1 amide bonds. The monoisotopic (exact) mass is 422 g/mol. The number of esters is 1. The summed E-state index contributed by atoms with van der Waals surface area (Å²) in [5, 5.41) is 4.41. The van der Waals surface area contributed by atoms with Crippen LogP contribution in [0.2, 0.25) is 5.02 Å². The lowest BCUT2D eigenvalue weighted by Crippen LogP contribution is -2.24. The summed E-state index contributed by atoms with van der Waals surface area (Å²) in [4.78, 5) is 23.9. The fourth-order valence-corrected chi connectivity index (χ4v) is 2.57. The van der Waals surface area contributed by atoms with Gasteiger partial charge in [0.1, 0.15) is 11.5 Å². The van der Waals surface area contributed by atoms with Gasteiger partial charge in [0.05, 0.1) is 11.8 Å². The van der Waals surface area contributed by atoms with Crippen molar-refractivity contribution in [2.75, 3.05) is 6.61 Å². The zero-order valence-corrected chi connectivity index (χ0v) is 16.9. The first-order valence-corrected chi connectivity index (χ1v) is 9.46. The Labute approximate surface area is 179 Å². The smallest absolute Gasteiger partial charge is 0.343 e. The van der Waals surface area contributed by atoms with E-state index in [9.17, 15) is 9.59 Å². The molecule has 152 valence electrons. The molecule has 3 aromatic rings. The molecular formula is C23H19ClN2O4. The number of halogens is 1. The first kappa shape index (κ1) is 21.1. The molecule has 0 aromatic heterocycles. The van der Waals surface area contributed by atoms with Crippen molar-refractivity contribution in [3.63, 3.8) is 0 Å². The number of hydrazone groups is 1. The quantitative estimate of drug-likeness (QED) is 0.265. The number of carbonyl (C=O) groups excluding carboxylic acids is 2. The third-order valence-electron chi connectivity index (χ3n) is 3.95. The summed E-state index contributed by atoms with van der Waals surface area (Å²) in [6, 6.07) is 20.6. The average Bonchev–Trinajstić information content (AvgIpc) is 2.74. The molecular weight excluding hydrogens is 404 g/mol. The van der Waals surface area contributed by atoms with Gasteiger partial charge in [-0.3, -0.25) is 4.79 Å². The lowest BCUT2D eigenvalue weighted by molar-refractivity contribution is -0.123. The molecule has 0 spiro atoms. The number of rotatable bonds is 7. The first-order valence-electron chi connectivity index (χ1n) is 9.09. The van der Waals surface area contributed by atoms with Gasteiger partial charge in [0, 0.05) is 5.02 Å². The van der Waals surface area contributed by atoms with Crippen LogP contribution in [0, 0.1) is 6.92 Å². The summed E-state index contributed by atoms with van der Waals surface area (Å²) >= 11 is 5.86. The molecule has 0 saturated carbocycles. The Morgan fingerprint density at radius 2 is 1.73 bits per heavy atom. The summed E-state index contributed by atoms with van der Waals surface area (Å²) in [5.41, 5.74) is 4.65. The van der Waals surface area contributed by atoms with Crippen LogP contribution < -0.4 is 14.9 Å². The number of hydrogen-bond donors (Lipinski definition) is 1. The van der Waals surface area contributed by atoms with E-state index in [0.29, 0.717) is 22.1 Å². The summed E-state index contributed by atoms with van der Waals surface area (Å²) in [6.45, 7) is 1.76. The predicted octanol–water partition coefficient (Wildman–Crippen LogP) is 4.40. The number of benzene rings is 3. The molecule has 0 atom stereocenters. The minimum absolute atomic E-state index is 0.189. The van der Waals surface area contributed by atoms with Gasteiger partial charge in [0.15, 0.2) is 6.61 Å². The van der Waals surface area contributed by atoms with E-state index in [1.165, 1.54) is 6.21 Å². The van der Waals surface area contributed by atoms with E-state index in [2.05, 4.69) is 10.5 Å². The van der Waals surface area contributed by atoms with Gasteiger partial charge in [-0.25, -0.2) is 10.2 Å². The maximum absolute atomic E-state index is 12.1. The van der Waals surface area contributed by atoms with Gasteiger partial charge in [-0.15, -0.1) is 0 Å². The lowest BCUT2D eigenvalue weighted by atomic mass is 10.1. The highest BCUT2D eigenvalue weighted by molar-refractivity contribution is 6.30. The van der Waals surface area contributed by atoms with Gasteiger partial charge < -0.3 is 9.47 Å². The highest BCUT2D eigenvalue weighted by Crippen LogP contribution is 2.17. The molecule has 30 heavy (non-hydrogen) atoms. The maximum Gasteiger partial charge on any atom is 0.343 e. The zero-order chi connectivity index (χ0) is 21.3. The van der Waals surface area contributed by atoms with Crippen molar-refractivity contribution in [3.8, 4) is 11.5 Å². The lowest BCUT2D eigenvalue weighted by Gasteiger charge is -2.05. The highest BCUT2D eigenvalue weighted by atomic mass is 35.5. The van der Waals surface area contributed by atoms with E-state index in [1.54, 1.807) is 60.7 Å². The summed E-state index contributed by atoms with van der Waals surface area (Å²) in [6.07, 6.45) is 1.48. The van der Waals surface area contributed by atoms with Crippen molar-refractivity contribution in [1.82, 2.24) is 5.43 Å². The molecule has 0 aliphatic heterocycles. The molecule has 1 N–H and O–H groups in total. The summed E-state index contributed by atoms with van der Waals surface area (Å²) in [5.74, 6) is 0.0762. The minimum atomic E-state index is -0.427. The molecule has 3 aromatic carbocycles. The number of amides is 1. The van der Waals surface area contributed by atoms with Crippen molar-refractivity contribution < 1.29 is 19.1 Å². The van der Waals surface area contributed by atoms with E-state index in [-0.39, 0.29) is 6.61 Å². The molecule has 3 rings (SSSR count). The van der Waals surface area contributed by atoms with Crippen LogP contribution in [-0.4, -0.2) is 24.7 Å². The number of hydrogen-bond acceptors (Lipinski definition) is 5. The van der Waals surface area contributed by atoms with Crippen LogP contribution in [0.25, 0.3) is 0 Å². The maximum atomic E-state index is 12.1.